The summed E-state index contributed by atoms with van der Waals surface area (Å²) in [7, 11) is 0. The Kier molecular flexibility index (Phi) is 8.50. The predicted octanol–water partition coefficient (Wildman–Crippen LogP) is 1.97. The Bertz CT molecular complexity index is 861. The van der Waals surface area contributed by atoms with E-state index in [9.17, 15) is 9.59 Å². The van der Waals surface area contributed by atoms with Crippen LogP contribution in [0.5, 0.6) is 0 Å². The fourth-order valence-corrected chi connectivity index (χ4v) is 3.65. The number of carbonyl (C=O) groups is 2. The van der Waals surface area contributed by atoms with Crippen LogP contribution in [0.4, 0.5) is 10.5 Å². The zero-order valence-corrected chi connectivity index (χ0v) is 19.0. The molecule has 2 aromatic rings. The Labute approximate surface area is 190 Å². The van der Waals surface area contributed by atoms with Gasteiger partial charge in [-0.05, 0) is 37.1 Å². The second kappa shape index (κ2) is 10.7. The summed E-state index contributed by atoms with van der Waals surface area (Å²) in [6, 6.07) is 17.4. The van der Waals surface area contributed by atoms with Crippen LogP contribution in [-0.2, 0) is 4.79 Å². The largest absolute Gasteiger partial charge is 0.388 e. The molecule has 0 bridgehead atoms. The highest BCUT2D eigenvalue weighted by Crippen LogP contribution is 2.24. The van der Waals surface area contributed by atoms with Gasteiger partial charge in [0.15, 0.2) is 5.78 Å². The van der Waals surface area contributed by atoms with E-state index in [0.717, 1.165) is 5.69 Å². The van der Waals surface area contributed by atoms with Crippen molar-refractivity contribution in [2.75, 3.05) is 37.7 Å². The highest BCUT2D eigenvalue weighted by molar-refractivity contribution is 7.59. The van der Waals surface area contributed by atoms with Gasteiger partial charge in [0.1, 0.15) is 12.6 Å². The number of rotatable bonds is 6. The first kappa shape index (κ1) is 24.7. The third kappa shape index (κ3) is 6.22. The molecule has 168 valence electrons. The molecule has 1 aliphatic rings. The molecule has 2 amide bonds. The molecule has 1 aliphatic heterocycles. The van der Waals surface area contributed by atoms with Crippen LogP contribution in [0.1, 0.15) is 13.8 Å². The van der Waals surface area contributed by atoms with Gasteiger partial charge in [-0.25, -0.2) is 4.79 Å². The van der Waals surface area contributed by atoms with E-state index in [1.807, 2.05) is 18.2 Å². The number of nitrogens with two attached hydrogens (primary N) is 1. The van der Waals surface area contributed by atoms with Crippen LogP contribution in [-0.4, -0.2) is 66.2 Å². The van der Waals surface area contributed by atoms with Crippen LogP contribution < -0.4 is 16.0 Å². The fraction of sp³-hybridized carbons (Fsp3) is 0.391. The van der Waals surface area contributed by atoms with E-state index in [0.29, 0.717) is 26.2 Å². The Hall–Kier alpha value is -2.55. The molecule has 1 saturated heterocycles. The highest BCUT2D eigenvalue weighted by Gasteiger charge is 2.34. The second-order valence-electron chi connectivity index (χ2n) is 8.22. The van der Waals surface area contributed by atoms with Crippen molar-refractivity contribution in [1.29, 1.82) is 0 Å². The molecule has 0 aromatic heterocycles. The molecular formula is C23H32N4O3S. The van der Waals surface area contributed by atoms with Gasteiger partial charge in [0.25, 0.3) is 0 Å². The normalized spacial score (nSPS) is 15.1. The first-order chi connectivity index (χ1) is 14.3. The van der Waals surface area contributed by atoms with Gasteiger partial charge in [0.2, 0.25) is 0 Å². The quantitative estimate of drug-likeness (QED) is 0.633. The van der Waals surface area contributed by atoms with Crippen LogP contribution in [0.3, 0.4) is 0 Å². The number of piperazine rings is 1. The first-order valence-corrected chi connectivity index (χ1v) is 10.2. The summed E-state index contributed by atoms with van der Waals surface area (Å²) in [6.45, 7) is 5.13. The van der Waals surface area contributed by atoms with Crippen molar-refractivity contribution in [1.82, 2.24) is 10.2 Å². The number of hydrogen-bond acceptors (Lipinski definition) is 5. The van der Waals surface area contributed by atoms with Gasteiger partial charge < -0.3 is 26.0 Å². The third-order valence-electron chi connectivity index (χ3n) is 5.40. The predicted molar refractivity (Wildman–Crippen MR) is 129 cm³/mol. The Morgan fingerprint density at radius 2 is 1.55 bits per heavy atom. The number of nitrogens with zero attached hydrogens (tertiary/aromatic N) is 2. The molecule has 31 heavy (non-hydrogen) atoms. The fourth-order valence-electron chi connectivity index (χ4n) is 3.65. The van der Waals surface area contributed by atoms with E-state index < -0.39 is 24.0 Å². The van der Waals surface area contributed by atoms with E-state index in [1.54, 1.807) is 18.7 Å². The summed E-state index contributed by atoms with van der Waals surface area (Å²) in [5, 5.41) is 11.9. The Morgan fingerprint density at radius 3 is 2.06 bits per heavy atom. The molecule has 2 aromatic carbocycles. The maximum absolute atomic E-state index is 12.6. The van der Waals surface area contributed by atoms with Gasteiger partial charge in [0.05, 0.1) is 0 Å². The minimum atomic E-state index is -0.961. The minimum absolute atomic E-state index is 0. The number of anilines is 1. The van der Waals surface area contributed by atoms with Gasteiger partial charge >= 0.3 is 6.03 Å². The van der Waals surface area contributed by atoms with Crippen molar-refractivity contribution < 1.29 is 14.7 Å². The SMILES string of the molecule is CC(C)(N)[C@@H](NC(=O)N1CCN(c2ccc(-c3ccccc3)cc2)CC1)C(=O)CO.S. The number of ketones is 1. The van der Waals surface area contributed by atoms with Gasteiger partial charge in [-0.3, -0.25) is 4.79 Å². The number of nitrogens with one attached hydrogen (secondary N) is 1. The van der Waals surface area contributed by atoms with Gasteiger partial charge in [0, 0.05) is 37.4 Å². The number of aliphatic hydroxyl groups is 1. The zero-order valence-electron chi connectivity index (χ0n) is 18.0. The molecule has 7 nitrogen and oxygen atoms in total. The molecule has 8 heteroatoms. The van der Waals surface area contributed by atoms with E-state index >= 15 is 0 Å². The molecule has 0 aliphatic carbocycles. The van der Waals surface area contributed by atoms with Crippen molar-refractivity contribution in [2.45, 2.75) is 25.4 Å². The summed E-state index contributed by atoms with van der Waals surface area (Å²) in [4.78, 5) is 28.5. The maximum atomic E-state index is 12.6. The van der Waals surface area contributed by atoms with E-state index in [4.69, 9.17) is 10.8 Å². The lowest BCUT2D eigenvalue weighted by atomic mass is 9.92. The molecule has 3 rings (SSSR count). The monoisotopic (exact) mass is 444 g/mol. The van der Waals surface area contributed by atoms with Gasteiger partial charge in [-0.1, -0.05) is 42.5 Å². The van der Waals surface area contributed by atoms with E-state index in [-0.39, 0.29) is 19.5 Å². The van der Waals surface area contributed by atoms with Crippen LogP contribution in [0.15, 0.2) is 54.6 Å². The number of Topliss-reactive ketones (excluding diaryl/α,β-unsaturated/α-hetero) is 1. The standard InChI is InChI=1S/C23H30N4O3.H2S/c1-23(2,24)21(20(29)16-28)25-22(30)27-14-12-26(13-15-27)19-10-8-18(9-11-19)17-6-4-3-5-7-17;/h3-11,21,28H,12-16,24H2,1-2H3,(H,25,30);1H2/t21-;/m0./s1. The number of aliphatic hydroxyl groups excluding tert-OH is 1. The smallest absolute Gasteiger partial charge is 0.318 e. The summed E-state index contributed by atoms with van der Waals surface area (Å²) >= 11 is 0. The summed E-state index contributed by atoms with van der Waals surface area (Å²) in [5.74, 6) is -0.493. The summed E-state index contributed by atoms with van der Waals surface area (Å²) in [6.07, 6.45) is 0. The lowest BCUT2D eigenvalue weighted by molar-refractivity contribution is -0.124. The third-order valence-corrected chi connectivity index (χ3v) is 5.40. The van der Waals surface area contributed by atoms with Crippen molar-refractivity contribution in [2.24, 2.45) is 5.73 Å². The van der Waals surface area contributed by atoms with E-state index in [1.165, 1.54) is 11.1 Å². The Balaban J connectivity index is 0.00000341. The molecular weight excluding hydrogens is 412 g/mol. The summed E-state index contributed by atoms with van der Waals surface area (Å²) < 4.78 is 0. The number of amides is 2. The molecule has 1 fully saturated rings. The maximum Gasteiger partial charge on any atom is 0.318 e. The average Bonchev–Trinajstić information content (AvgIpc) is 2.77. The molecule has 0 spiro atoms. The number of hydrogen-bond donors (Lipinski definition) is 3. The molecule has 0 radical (unpaired) electrons. The van der Waals surface area contributed by atoms with E-state index in [2.05, 4.69) is 46.6 Å². The van der Waals surface area contributed by atoms with Gasteiger partial charge in [-0.2, -0.15) is 13.5 Å². The van der Waals surface area contributed by atoms with Crippen molar-refractivity contribution in [3.63, 3.8) is 0 Å². The first-order valence-electron chi connectivity index (χ1n) is 10.2. The highest BCUT2D eigenvalue weighted by atomic mass is 32.1. The Morgan fingerprint density at radius 1 is 1.00 bits per heavy atom. The molecule has 4 N–H and O–H groups in total. The van der Waals surface area contributed by atoms with Crippen LogP contribution in [0.25, 0.3) is 11.1 Å². The van der Waals surface area contributed by atoms with Crippen molar-refractivity contribution >= 4 is 31.0 Å². The van der Waals surface area contributed by atoms with Gasteiger partial charge in [-0.15, -0.1) is 0 Å². The average molecular weight is 445 g/mol. The molecule has 1 heterocycles. The summed E-state index contributed by atoms with van der Waals surface area (Å²) in [5.41, 5.74) is 8.52. The number of benzene rings is 2. The van der Waals surface area contributed by atoms with Crippen molar-refractivity contribution in [3.8, 4) is 11.1 Å². The zero-order chi connectivity index (χ0) is 21.7. The lowest BCUT2D eigenvalue weighted by Crippen LogP contribution is -2.62. The lowest BCUT2D eigenvalue weighted by Gasteiger charge is -2.38. The molecule has 0 saturated carbocycles. The second-order valence-corrected chi connectivity index (χ2v) is 8.22. The topological polar surface area (TPSA) is 98.9 Å². The van der Waals surface area contributed by atoms with Crippen molar-refractivity contribution in [3.05, 3.63) is 54.6 Å². The van der Waals surface area contributed by atoms with Crippen LogP contribution >= 0.6 is 13.5 Å². The van der Waals surface area contributed by atoms with Crippen LogP contribution in [0.2, 0.25) is 0 Å². The molecule has 0 unspecified atom stereocenters. The minimum Gasteiger partial charge on any atom is -0.388 e. The molecule has 1 atom stereocenters. The number of carbonyl (C=O) groups excluding carboxylic acids is 2. The van der Waals surface area contributed by atoms with Crippen LogP contribution in [0, 0.1) is 0 Å². The number of urea groups is 1.